The molecular weight excluding hydrogens is 186 g/mol. The Labute approximate surface area is 81.4 Å². The smallest absolute Gasteiger partial charge is 0.168 e. The van der Waals surface area contributed by atoms with Gasteiger partial charge in [-0.1, -0.05) is 13.8 Å². The lowest BCUT2D eigenvalue weighted by Crippen LogP contribution is -2.11. The van der Waals surface area contributed by atoms with Crippen molar-refractivity contribution in [3.8, 4) is 0 Å². The minimum atomic E-state index is -0.650. The number of nitrogens with one attached hydrogen (secondary N) is 1. The molecule has 4 heteroatoms. The Kier molecular flexibility index (Phi) is 1.94. The Morgan fingerprint density at radius 3 is 2.64 bits per heavy atom. The maximum absolute atomic E-state index is 13.1. The molecule has 0 bridgehead atoms. The van der Waals surface area contributed by atoms with Crippen LogP contribution in [0.1, 0.15) is 20.3 Å². The molecule has 0 aromatic carbocycles. The molecular formula is C10H12F2N2. The van der Waals surface area contributed by atoms with Crippen molar-refractivity contribution in [2.24, 2.45) is 5.41 Å². The summed E-state index contributed by atoms with van der Waals surface area (Å²) in [4.78, 5) is 3.66. The number of pyridine rings is 1. The Morgan fingerprint density at radius 1 is 1.50 bits per heavy atom. The van der Waals surface area contributed by atoms with Crippen LogP contribution in [0.3, 0.4) is 0 Å². The third-order valence-corrected chi connectivity index (χ3v) is 2.63. The van der Waals surface area contributed by atoms with Crippen LogP contribution in [0.2, 0.25) is 0 Å². The fourth-order valence-corrected chi connectivity index (χ4v) is 1.40. The molecule has 1 saturated carbocycles. The second kappa shape index (κ2) is 2.90. The number of nitrogens with zero attached hydrogens (tertiary/aromatic N) is 1. The normalized spacial score (nSPS) is 23.3. The molecule has 1 aliphatic carbocycles. The van der Waals surface area contributed by atoms with Gasteiger partial charge in [0, 0.05) is 12.1 Å². The lowest BCUT2D eigenvalue weighted by Gasteiger charge is -2.07. The Hall–Kier alpha value is -1.19. The minimum Gasteiger partial charge on any atom is -0.364 e. The summed E-state index contributed by atoms with van der Waals surface area (Å²) in [7, 11) is 0. The number of aromatic nitrogens is 1. The highest BCUT2D eigenvalue weighted by Gasteiger charge is 2.46. The van der Waals surface area contributed by atoms with Crippen molar-refractivity contribution in [2.45, 2.75) is 26.3 Å². The summed E-state index contributed by atoms with van der Waals surface area (Å²) in [6, 6.07) is 1.08. The van der Waals surface area contributed by atoms with Gasteiger partial charge >= 0.3 is 0 Å². The van der Waals surface area contributed by atoms with E-state index in [1.54, 1.807) is 0 Å². The van der Waals surface area contributed by atoms with Gasteiger partial charge in [-0.15, -0.1) is 0 Å². The summed E-state index contributed by atoms with van der Waals surface area (Å²) in [6.07, 6.45) is 2.01. The second-order valence-electron chi connectivity index (χ2n) is 4.37. The van der Waals surface area contributed by atoms with Gasteiger partial charge in [0.2, 0.25) is 0 Å². The number of rotatable bonds is 2. The molecule has 2 rings (SSSR count). The topological polar surface area (TPSA) is 24.9 Å². The zero-order chi connectivity index (χ0) is 10.3. The van der Waals surface area contributed by atoms with E-state index in [9.17, 15) is 8.78 Å². The Bertz CT molecular complexity index is 363. The summed E-state index contributed by atoms with van der Waals surface area (Å²) >= 11 is 0. The SMILES string of the molecule is CC1(C)CC1Nc1ncc(F)cc1F. The van der Waals surface area contributed by atoms with Gasteiger partial charge in [0.15, 0.2) is 11.6 Å². The molecule has 1 aromatic rings. The summed E-state index contributed by atoms with van der Waals surface area (Å²) in [5.74, 6) is -1.14. The van der Waals surface area contributed by atoms with Gasteiger partial charge in [-0.05, 0) is 11.8 Å². The van der Waals surface area contributed by atoms with Crippen LogP contribution in [0, 0.1) is 17.0 Å². The van der Waals surface area contributed by atoms with Gasteiger partial charge in [0.25, 0.3) is 0 Å². The van der Waals surface area contributed by atoms with Gasteiger partial charge in [-0.25, -0.2) is 13.8 Å². The van der Waals surface area contributed by atoms with Crippen molar-refractivity contribution in [3.63, 3.8) is 0 Å². The maximum Gasteiger partial charge on any atom is 0.168 e. The summed E-state index contributed by atoms with van der Waals surface area (Å²) < 4.78 is 25.6. The molecule has 1 atom stereocenters. The van der Waals surface area contributed by atoms with Gasteiger partial charge in [0.05, 0.1) is 6.20 Å². The first kappa shape index (κ1) is 9.37. The van der Waals surface area contributed by atoms with Gasteiger partial charge in [-0.3, -0.25) is 0 Å². The van der Waals surface area contributed by atoms with E-state index >= 15 is 0 Å². The van der Waals surface area contributed by atoms with Crippen LogP contribution in [-0.4, -0.2) is 11.0 Å². The molecule has 1 aromatic heterocycles. The van der Waals surface area contributed by atoms with Crippen LogP contribution in [0.25, 0.3) is 0 Å². The van der Waals surface area contributed by atoms with Gasteiger partial charge in [0.1, 0.15) is 5.82 Å². The van der Waals surface area contributed by atoms with Gasteiger partial charge in [-0.2, -0.15) is 0 Å². The third-order valence-electron chi connectivity index (χ3n) is 2.63. The lowest BCUT2D eigenvalue weighted by atomic mass is 10.2. The molecule has 2 nitrogen and oxygen atoms in total. The molecule has 0 radical (unpaired) electrons. The van der Waals surface area contributed by atoms with Crippen LogP contribution in [0.15, 0.2) is 12.3 Å². The fraction of sp³-hybridized carbons (Fsp3) is 0.500. The van der Waals surface area contributed by atoms with Crippen molar-refractivity contribution >= 4 is 5.82 Å². The molecule has 0 amide bonds. The first-order valence-corrected chi connectivity index (χ1v) is 4.56. The molecule has 1 heterocycles. The average molecular weight is 198 g/mol. The first-order valence-electron chi connectivity index (χ1n) is 4.56. The van der Waals surface area contributed by atoms with Crippen molar-refractivity contribution in [1.82, 2.24) is 4.98 Å². The largest absolute Gasteiger partial charge is 0.364 e. The zero-order valence-electron chi connectivity index (χ0n) is 8.14. The van der Waals surface area contributed by atoms with E-state index in [1.165, 1.54) is 0 Å². The minimum absolute atomic E-state index is 0.141. The monoisotopic (exact) mass is 198 g/mol. The Morgan fingerprint density at radius 2 is 2.14 bits per heavy atom. The number of anilines is 1. The van der Waals surface area contributed by atoms with Crippen LogP contribution in [-0.2, 0) is 0 Å². The van der Waals surface area contributed by atoms with Crippen LogP contribution < -0.4 is 5.32 Å². The highest BCUT2D eigenvalue weighted by molar-refractivity contribution is 5.39. The van der Waals surface area contributed by atoms with Gasteiger partial charge < -0.3 is 5.32 Å². The molecule has 1 unspecified atom stereocenters. The van der Waals surface area contributed by atoms with Crippen molar-refractivity contribution in [2.75, 3.05) is 5.32 Å². The Balaban J connectivity index is 2.11. The summed E-state index contributed by atoms with van der Waals surface area (Å²) in [5, 5.41) is 2.95. The highest BCUT2D eigenvalue weighted by atomic mass is 19.1. The van der Waals surface area contributed by atoms with Crippen molar-refractivity contribution in [1.29, 1.82) is 0 Å². The molecule has 1 fully saturated rings. The average Bonchev–Trinajstić information content (AvgIpc) is 2.65. The number of hydrogen-bond donors (Lipinski definition) is 1. The molecule has 76 valence electrons. The predicted molar refractivity (Wildman–Crippen MR) is 50.0 cm³/mol. The molecule has 0 saturated heterocycles. The molecule has 14 heavy (non-hydrogen) atoms. The van der Waals surface area contributed by atoms with Crippen LogP contribution >= 0.6 is 0 Å². The van der Waals surface area contributed by atoms with Crippen molar-refractivity contribution in [3.05, 3.63) is 23.9 Å². The van der Waals surface area contributed by atoms with E-state index in [1.807, 2.05) is 0 Å². The van der Waals surface area contributed by atoms with E-state index in [-0.39, 0.29) is 17.3 Å². The van der Waals surface area contributed by atoms with Crippen LogP contribution in [0.5, 0.6) is 0 Å². The van der Waals surface area contributed by atoms with E-state index in [0.717, 1.165) is 18.7 Å². The van der Waals surface area contributed by atoms with E-state index in [0.29, 0.717) is 0 Å². The van der Waals surface area contributed by atoms with Crippen LogP contribution in [0.4, 0.5) is 14.6 Å². The number of hydrogen-bond acceptors (Lipinski definition) is 2. The molecule has 1 aliphatic rings. The second-order valence-corrected chi connectivity index (χ2v) is 4.37. The van der Waals surface area contributed by atoms with Crippen molar-refractivity contribution < 1.29 is 8.78 Å². The molecule has 0 spiro atoms. The fourth-order valence-electron chi connectivity index (χ4n) is 1.40. The standard InChI is InChI=1S/C10H12F2N2/c1-10(2)4-8(10)14-9-7(12)3-6(11)5-13-9/h3,5,8H,4H2,1-2H3,(H,13,14). The van der Waals surface area contributed by atoms with E-state index < -0.39 is 11.6 Å². The summed E-state index contributed by atoms with van der Waals surface area (Å²) in [6.45, 7) is 4.18. The highest BCUT2D eigenvalue weighted by Crippen LogP contribution is 2.46. The van der Waals surface area contributed by atoms with E-state index in [2.05, 4.69) is 24.1 Å². The molecule has 0 aliphatic heterocycles. The zero-order valence-corrected chi connectivity index (χ0v) is 8.14. The quantitative estimate of drug-likeness (QED) is 0.790. The van der Waals surface area contributed by atoms with E-state index in [4.69, 9.17) is 0 Å². The third kappa shape index (κ3) is 1.69. The number of halogens is 2. The predicted octanol–water partition coefficient (Wildman–Crippen LogP) is 2.57. The lowest BCUT2D eigenvalue weighted by molar-refractivity contribution is 0.572. The first-order chi connectivity index (χ1) is 6.49. The maximum atomic E-state index is 13.1. The molecule has 1 N–H and O–H groups in total. The summed E-state index contributed by atoms with van der Waals surface area (Å²) in [5.41, 5.74) is 0.197.